The van der Waals surface area contributed by atoms with Crippen LogP contribution in [0, 0.1) is 11.6 Å². The number of carbonyl (C=O) groups excluding carboxylic acids is 1. The first-order valence-corrected chi connectivity index (χ1v) is 8.34. The highest BCUT2D eigenvalue weighted by atomic mass is 19.1. The fraction of sp³-hybridized carbons (Fsp3) is 0.333. The third kappa shape index (κ3) is 5.13. The number of aromatic nitrogens is 1. The van der Waals surface area contributed by atoms with Crippen molar-refractivity contribution in [3.05, 3.63) is 59.3 Å². The van der Waals surface area contributed by atoms with Crippen molar-refractivity contribution in [3.63, 3.8) is 0 Å². The molecule has 138 valence electrons. The number of nitrogens with one attached hydrogen (secondary N) is 2. The minimum absolute atomic E-state index is 0.0376. The molecule has 0 spiro atoms. The fourth-order valence-electron chi connectivity index (χ4n) is 2.68. The molecule has 2 N–H and O–H groups in total. The van der Waals surface area contributed by atoms with E-state index in [1.54, 1.807) is 6.20 Å². The highest BCUT2D eigenvalue weighted by molar-refractivity contribution is 5.73. The Morgan fingerprint density at radius 2 is 1.69 bits per heavy atom. The van der Waals surface area contributed by atoms with Crippen LogP contribution in [0.2, 0.25) is 0 Å². The van der Waals surface area contributed by atoms with Crippen LogP contribution in [-0.2, 0) is 17.8 Å². The van der Waals surface area contributed by atoms with Crippen molar-refractivity contribution < 1.29 is 18.3 Å². The van der Waals surface area contributed by atoms with Crippen LogP contribution in [0.3, 0.4) is 0 Å². The normalized spacial score (nSPS) is 14.2. The maximum absolute atomic E-state index is 13.1. The molecule has 0 aliphatic carbocycles. The zero-order valence-electron chi connectivity index (χ0n) is 14.2. The number of nitrogens with zero attached hydrogens (tertiary/aromatic N) is 2. The minimum Gasteiger partial charge on any atom is -0.378 e. The first kappa shape index (κ1) is 18.1. The molecule has 3 rings (SSSR count). The van der Waals surface area contributed by atoms with Gasteiger partial charge in [0.15, 0.2) is 0 Å². The fourth-order valence-corrected chi connectivity index (χ4v) is 2.68. The predicted molar refractivity (Wildman–Crippen MR) is 92.7 cm³/mol. The lowest BCUT2D eigenvalue weighted by molar-refractivity contribution is 0.122. The summed E-state index contributed by atoms with van der Waals surface area (Å²) in [6.07, 6.45) is 1.70. The van der Waals surface area contributed by atoms with E-state index in [4.69, 9.17) is 4.74 Å². The SMILES string of the molecule is O=C(NCc1cc(F)cc(F)c1)NCc1ccnc(N2CCOCC2)c1. The first-order valence-electron chi connectivity index (χ1n) is 8.34. The summed E-state index contributed by atoms with van der Waals surface area (Å²) in [5.41, 5.74) is 1.27. The van der Waals surface area contributed by atoms with Crippen LogP contribution in [-0.4, -0.2) is 37.3 Å². The van der Waals surface area contributed by atoms with E-state index in [1.165, 1.54) is 12.1 Å². The largest absolute Gasteiger partial charge is 0.378 e. The number of hydrogen-bond donors (Lipinski definition) is 2. The molecule has 1 saturated heterocycles. The van der Waals surface area contributed by atoms with E-state index in [-0.39, 0.29) is 6.54 Å². The number of rotatable bonds is 5. The molecule has 0 unspecified atom stereocenters. The highest BCUT2D eigenvalue weighted by Gasteiger charge is 2.12. The number of urea groups is 1. The molecule has 0 saturated carbocycles. The van der Waals surface area contributed by atoms with Crippen LogP contribution in [0.4, 0.5) is 19.4 Å². The number of morpholine rings is 1. The Kier molecular flexibility index (Phi) is 5.96. The third-order valence-electron chi connectivity index (χ3n) is 3.97. The lowest BCUT2D eigenvalue weighted by atomic mass is 10.2. The molecule has 26 heavy (non-hydrogen) atoms. The number of hydrogen-bond acceptors (Lipinski definition) is 4. The summed E-state index contributed by atoms with van der Waals surface area (Å²) >= 11 is 0. The Bertz CT molecular complexity index is 746. The molecule has 1 aliphatic heterocycles. The average Bonchev–Trinajstić information content (AvgIpc) is 2.65. The Hall–Kier alpha value is -2.74. The van der Waals surface area contributed by atoms with Crippen molar-refractivity contribution in [1.82, 2.24) is 15.6 Å². The molecule has 6 nitrogen and oxygen atoms in total. The lowest BCUT2D eigenvalue weighted by Gasteiger charge is -2.28. The molecule has 0 bridgehead atoms. The van der Waals surface area contributed by atoms with Crippen molar-refractivity contribution in [3.8, 4) is 0 Å². The van der Waals surface area contributed by atoms with Gasteiger partial charge in [-0.3, -0.25) is 0 Å². The Labute approximate surface area is 150 Å². The molecule has 2 amide bonds. The predicted octanol–water partition coefficient (Wildman–Crippen LogP) is 2.20. The van der Waals surface area contributed by atoms with Crippen LogP contribution in [0.5, 0.6) is 0 Å². The molecular formula is C18H20F2N4O2. The van der Waals surface area contributed by atoms with Crippen LogP contribution in [0.15, 0.2) is 36.5 Å². The molecule has 1 fully saturated rings. The number of amides is 2. The zero-order valence-corrected chi connectivity index (χ0v) is 14.2. The van der Waals surface area contributed by atoms with Crippen molar-refractivity contribution >= 4 is 11.8 Å². The van der Waals surface area contributed by atoms with Gasteiger partial charge >= 0.3 is 6.03 Å². The second-order valence-electron chi connectivity index (χ2n) is 5.94. The Morgan fingerprint density at radius 1 is 1.04 bits per heavy atom. The Morgan fingerprint density at radius 3 is 2.38 bits per heavy atom. The maximum atomic E-state index is 13.1. The van der Waals surface area contributed by atoms with Crippen molar-refractivity contribution in [1.29, 1.82) is 0 Å². The quantitative estimate of drug-likeness (QED) is 0.856. The van der Waals surface area contributed by atoms with Crippen LogP contribution >= 0.6 is 0 Å². The standard InChI is InChI=1S/C18H20F2N4O2/c19-15-7-14(8-16(20)10-15)12-23-18(25)22-11-13-1-2-21-17(9-13)24-3-5-26-6-4-24/h1-2,7-10H,3-6,11-12H2,(H2,22,23,25). The number of pyridine rings is 1. The summed E-state index contributed by atoms with van der Waals surface area (Å²) in [7, 11) is 0. The summed E-state index contributed by atoms with van der Waals surface area (Å²) in [6.45, 7) is 3.28. The van der Waals surface area contributed by atoms with Gasteiger partial charge in [-0.1, -0.05) is 0 Å². The van der Waals surface area contributed by atoms with Gasteiger partial charge in [0.2, 0.25) is 0 Å². The second kappa shape index (κ2) is 8.57. The third-order valence-corrected chi connectivity index (χ3v) is 3.97. The molecule has 1 aromatic carbocycles. The van der Waals surface area contributed by atoms with E-state index in [0.717, 1.165) is 30.5 Å². The van der Waals surface area contributed by atoms with Gasteiger partial charge in [0.1, 0.15) is 17.5 Å². The molecule has 8 heteroatoms. The zero-order chi connectivity index (χ0) is 18.4. The first-order chi connectivity index (χ1) is 12.6. The molecule has 0 atom stereocenters. The lowest BCUT2D eigenvalue weighted by Crippen LogP contribution is -2.37. The molecular weight excluding hydrogens is 342 g/mol. The van der Waals surface area contributed by atoms with Gasteiger partial charge < -0.3 is 20.3 Å². The van der Waals surface area contributed by atoms with Gasteiger partial charge in [-0.2, -0.15) is 0 Å². The summed E-state index contributed by atoms with van der Waals surface area (Å²) in [6, 6.07) is 6.49. The van der Waals surface area contributed by atoms with E-state index >= 15 is 0 Å². The number of carbonyl (C=O) groups is 1. The maximum Gasteiger partial charge on any atom is 0.315 e. The van der Waals surface area contributed by atoms with Crippen molar-refractivity contribution in [2.75, 3.05) is 31.2 Å². The number of anilines is 1. The van der Waals surface area contributed by atoms with E-state index < -0.39 is 17.7 Å². The molecule has 2 heterocycles. The van der Waals surface area contributed by atoms with Gasteiger partial charge in [0, 0.05) is 38.4 Å². The summed E-state index contributed by atoms with van der Waals surface area (Å²) in [5.74, 6) is -0.493. The number of benzene rings is 1. The van der Waals surface area contributed by atoms with Gasteiger partial charge in [-0.15, -0.1) is 0 Å². The Balaban J connectivity index is 1.49. The van der Waals surface area contributed by atoms with E-state index in [0.29, 0.717) is 25.3 Å². The molecule has 2 aromatic rings. The number of halogens is 2. The van der Waals surface area contributed by atoms with Crippen molar-refractivity contribution in [2.24, 2.45) is 0 Å². The molecule has 1 aromatic heterocycles. The van der Waals surface area contributed by atoms with E-state index in [1.807, 2.05) is 12.1 Å². The van der Waals surface area contributed by atoms with Gasteiger partial charge in [0.05, 0.1) is 13.2 Å². The van der Waals surface area contributed by atoms with E-state index in [9.17, 15) is 13.6 Å². The summed E-state index contributed by atoms with van der Waals surface area (Å²) in [5, 5.41) is 5.30. The van der Waals surface area contributed by atoms with E-state index in [2.05, 4.69) is 20.5 Å². The number of ether oxygens (including phenoxy) is 1. The topological polar surface area (TPSA) is 66.5 Å². The van der Waals surface area contributed by atoms with Gasteiger partial charge in [0.25, 0.3) is 0 Å². The second-order valence-corrected chi connectivity index (χ2v) is 5.94. The van der Waals surface area contributed by atoms with Gasteiger partial charge in [-0.25, -0.2) is 18.6 Å². The van der Waals surface area contributed by atoms with Crippen molar-refractivity contribution in [2.45, 2.75) is 13.1 Å². The van der Waals surface area contributed by atoms with Crippen LogP contribution in [0.25, 0.3) is 0 Å². The summed E-state index contributed by atoms with van der Waals surface area (Å²) < 4.78 is 31.6. The smallest absolute Gasteiger partial charge is 0.315 e. The molecule has 0 radical (unpaired) electrons. The van der Waals surface area contributed by atoms with Crippen LogP contribution in [0.1, 0.15) is 11.1 Å². The monoisotopic (exact) mass is 362 g/mol. The minimum atomic E-state index is -0.672. The average molecular weight is 362 g/mol. The van der Waals surface area contributed by atoms with Gasteiger partial charge in [-0.05, 0) is 35.4 Å². The molecule has 1 aliphatic rings. The summed E-state index contributed by atoms with van der Waals surface area (Å²) in [4.78, 5) is 18.4. The highest BCUT2D eigenvalue weighted by Crippen LogP contribution is 2.14. The van der Waals surface area contributed by atoms with Crippen LogP contribution < -0.4 is 15.5 Å².